The monoisotopic (exact) mass is 357 g/mol. The van der Waals surface area contributed by atoms with Crippen LogP contribution in [0.4, 0.5) is 0 Å². The number of fused-ring (bicyclic) bond motifs is 1. The molecule has 26 heavy (non-hydrogen) atoms. The minimum atomic E-state index is -0.0951. The van der Waals surface area contributed by atoms with Gasteiger partial charge in [-0.25, -0.2) is 0 Å². The summed E-state index contributed by atoms with van der Waals surface area (Å²) in [4.78, 5) is 28.6. The molecular weight excluding hydrogens is 326 g/mol. The highest BCUT2D eigenvalue weighted by atomic mass is 16.2. The molecule has 1 atom stereocenters. The molecule has 2 aliphatic rings. The van der Waals surface area contributed by atoms with Crippen LogP contribution in [0.15, 0.2) is 24.3 Å². The molecule has 1 aromatic carbocycles. The van der Waals surface area contributed by atoms with Crippen LogP contribution >= 0.6 is 0 Å². The van der Waals surface area contributed by atoms with Gasteiger partial charge in [-0.05, 0) is 43.4 Å². The van der Waals surface area contributed by atoms with E-state index in [1.807, 2.05) is 25.8 Å². The van der Waals surface area contributed by atoms with Gasteiger partial charge in [0.2, 0.25) is 11.8 Å². The average molecular weight is 357 g/mol. The quantitative estimate of drug-likeness (QED) is 0.875. The van der Waals surface area contributed by atoms with Crippen molar-refractivity contribution in [3.8, 4) is 0 Å². The Bertz CT molecular complexity index is 633. The predicted molar refractivity (Wildman–Crippen MR) is 103 cm³/mol. The van der Waals surface area contributed by atoms with Crippen molar-refractivity contribution in [2.24, 2.45) is 5.92 Å². The molecule has 1 aliphatic heterocycles. The Morgan fingerprint density at radius 1 is 1.23 bits per heavy atom. The van der Waals surface area contributed by atoms with Gasteiger partial charge in [0.1, 0.15) is 0 Å². The molecule has 0 spiro atoms. The highest BCUT2D eigenvalue weighted by Gasteiger charge is 2.32. The Hall–Kier alpha value is -1.88. The van der Waals surface area contributed by atoms with Crippen LogP contribution in [0, 0.1) is 5.92 Å². The van der Waals surface area contributed by atoms with Crippen molar-refractivity contribution in [2.45, 2.75) is 51.6 Å². The summed E-state index contributed by atoms with van der Waals surface area (Å²) in [5.74, 6) is -0.163. The molecule has 0 radical (unpaired) electrons. The van der Waals surface area contributed by atoms with E-state index >= 15 is 0 Å². The highest BCUT2D eigenvalue weighted by molar-refractivity contribution is 5.85. The summed E-state index contributed by atoms with van der Waals surface area (Å²) < 4.78 is 0. The lowest BCUT2D eigenvalue weighted by Gasteiger charge is -2.40. The zero-order valence-corrected chi connectivity index (χ0v) is 16.2. The SMILES string of the molecule is CC(C)C(=O)NCC(=O)N(C)[C@H]1CCCN(C2Cc3ccccc3C2)C1. The second-order valence-corrected chi connectivity index (χ2v) is 8.00. The van der Waals surface area contributed by atoms with E-state index in [1.165, 1.54) is 11.1 Å². The maximum atomic E-state index is 12.5. The number of piperidine rings is 1. The van der Waals surface area contributed by atoms with Gasteiger partial charge in [-0.2, -0.15) is 0 Å². The fourth-order valence-electron chi connectivity index (χ4n) is 4.12. The van der Waals surface area contributed by atoms with Gasteiger partial charge in [0.15, 0.2) is 0 Å². The van der Waals surface area contributed by atoms with Crippen LogP contribution in [0.1, 0.15) is 37.8 Å². The van der Waals surface area contributed by atoms with Crippen molar-refractivity contribution in [1.82, 2.24) is 15.1 Å². The van der Waals surface area contributed by atoms with Crippen molar-refractivity contribution >= 4 is 11.8 Å². The lowest BCUT2D eigenvalue weighted by molar-refractivity contribution is -0.135. The summed E-state index contributed by atoms with van der Waals surface area (Å²) in [6.45, 7) is 5.81. The van der Waals surface area contributed by atoms with E-state index in [1.54, 1.807) is 0 Å². The fraction of sp³-hybridized carbons (Fsp3) is 0.619. The second-order valence-electron chi connectivity index (χ2n) is 8.00. The molecule has 142 valence electrons. The lowest BCUT2D eigenvalue weighted by atomic mass is 10.0. The molecule has 1 N–H and O–H groups in total. The number of rotatable bonds is 5. The third-order valence-corrected chi connectivity index (χ3v) is 5.85. The minimum absolute atomic E-state index is 0.000517. The number of carbonyl (C=O) groups excluding carboxylic acids is 2. The largest absolute Gasteiger partial charge is 0.347 e. The van der Waals surface area contributed by atoms with Gasteiger partial charge in [0, 0.05) is 31.6 Å². The first kappa shape index (κ1) is 18.9. The molecule has 1 fully saturated rings. The number of hydrogen-bond acceptors (Lipinski definition) is 3. The number of benzene rings is 1. The molecule has 2 amide bonds. The lowest BCUT2D eigenvalue weighted by Crippen LogP contribution is -2.53. The van der Waals surface area contributed by atoms with Gasteiger partial charge in [-0.15, -0.1) is 0 Å². The molecule has 0 bridgehead atoms. The Labute approximate surface area is 156 Å². The highest BCUT2D eigenvalue weighted by Crippen LogP contribution is 2.28. The van der Waals surface area contributed by atoms with Crippen molar-refractivity contribution < 1.29 is 9.59 Å². The average Bonchev–Trinajstić information content (AvgIpc) is 3.09. The predicted octanol–water partition coefficient (Wildman–Crippen LogP) is 1.85. The van der Waals surface area contributed by atoms with E-state index in [0.29, 0.717) is 6.04 Å². The number of nitrogens with one attached hydrogen (secondary N) is 1. The van der Waals surface area contributed by atoms with Crippen molar-refractivity contribution in [2.75, 3.05) is 26.7 Å². The smallest absolute Gasteiger partial charge is 0.242 e. The van der Waals surface area contributed by atoms with E-state index in [4.69, 9.17) is 0 Å². The number of carbonyl (C=O) groups is 2. The summed E-state index contributed by atoms with van der Waals surface area (Å²) in [5.41, 5.74) is 2.95. The fourth-order valence-corrected chi connectivity index (χ4v) is 4.12. The number of likely N-dealkylation sites (tertiary alicyclic amines) is 1. The number of likely N-dealkylation sites (N-methyl/N-ethyl adjacent to an activating group) is 1. The van der Waals surface area contributed by atoms with Crippen molar-refractivity contribution in [1.29, 1.82) is 0 Å². The van der Waals surface area contributed by atoms with Crippen LogP contribution in [0.3, 0.4) is 0 Å². The maximum absolute atomic E-state index is 12.5. The van der Waals surface area contributed by atoms with Crippen LogP contribution in [0.5, 0.6) is 0 Å². The molecule has 0 saturated carbocycles. The van der Waals surface area contributed by atoms with Crippen LogP contribution in [0.2, 0.25) is 0 Å². The van der Waals surface area contributed by atoms with Crippen molar-refractivity contribution in [3.05, 3.63) is 35.4 Å². The molecular formula is C21H31N3O2. The molecule has 1 saturated heterocycles. The van der Waals surface area contributed by atoms with E-state index in [0.717, 1.165) is 38.8 Å². The molecule has 1 aromatic rings. The Kier molecular flexibility index (Phi) is 5.97. The van der Waals surface area contributed by atoms with Gasteiger partial charge in [0.25, 0.3) is 0 Å². The van der Waals surface area contributed by atoms with Gasteiger partial charge < -0.3 is 10.2 Å². The normalized spacial score (nSPS) is 20.8. The summed E-state index contributed by atoms with van der Waals surface area (Å²) in [5, 5.41) is 2.74. The third kappa shape index (κ3) is 4.26. The van der Waals surface area contributed by atoms with Crippen molar-refractivity contribution in [3.63, 3.8) is 0 Å². The molecule has 0 unspecified atom stereocenters. The van der Waals surface area contributed by atoms with Crippen LogP contribution in [0.25, 0.3) is 0 Å². The Morgan fingerprint density at radius 3 is 2.50 bits per heavy atom. The van der Waals surface area contributed by atoms with Gasteiger partial charge >= 0.3 is 0 Å². The molecule has 5 heteroatoms. The van der Waals surface area contributed by atoms with Crippen LogP contribution in [-0.2, 0) is 22.4 Å². The van der Waals surface area contributed by atoms with E-state index < -0.39 is 0 Å². The molecule has 1 aliphatic carbocycles. The Balaban J connectivity index is 1.53. The summed E-state index contributed by atoms with van der Waals surface area (Å²) in [7, 11) is 1.88. The summed E-state index contributed by atoms with van der Waals surface area (Å²) >= 11 is 0. The van der Waals surface area contributed by atoms with Crippen LogP contribution in [-0.4, -0.2) is 60.4 Å². The summed E-state index contributed by atoms with van der Waals surface area (Å²) in [6, 6.07) is 9.51. The molecule has 5 nitrogen and oxygen atoms in total. The first-order chi connectivity index (χ1) is 12.5. The third-order valence-electron chi connectivity index (χ3n) is 5.85. The van der Waals surface area contributed by atoms with Gasteiger partial charge in [-0.3, -0.25) is 14.5 Å². The van der Waals surface area contributed by atoms with E-state index in [-0.39, 0.29) is 30.3 Å². The second kappa shape index (κ2) is 8.21. The Morgan fingerprint density at radius 2 is 1.88 bits per heavy atom. The standard InChI is InChI=1S/C21H31N3O2/c1-15(2)21(26)22-13-20(25)23(3)18-9-6-10-24(14-18)19-11-16-7-4-5-8-17(16)12-19/h4-5,7-8,15,18-19H,6,9-14H2,1-3H3,(H,22,26)/t18-/m0/s1. The summed E-state index contributed by atoms with van der Waals surface area (Å²) in [6.07, 6.45) is 4.39. The van der Waals surface area contributed by atoms with Gasteiger partial charge in [-0.1, -0.05) is 38.1 Å². The number of hydrogen-bond donors (Lipinski definition) is 1. The zero-order chi connectivity index (χ0) is 18.7. The van der Waals surface area contributed by atoms with Crippen LogP contribution < -0.4 is 5.32 Å². The minimum Gasteiger partial charge on any atom is -0.347 e. The van der Waals surface area contributed by atoms with Gasteiger partial charge in [0.05, 0.1) is 6.54 Å². The van der Waals surface area contributed by atoms with E-state index in [2.05, 4.69) is 34.5 Å². The molecule has 1 heterocycles. The zero-order valence-electron chi connectivity index (χ0n) is 16.2. The topological polar surface area (TPSA) is 52.7 Å². The molecule has 3 rings (SSSR count). The first-order valence-corrected chi connectivity index (χ1v) is 9.80. The first-order valence-electron chi connectivity index (χ1n) is 9.80. The van der Waals surface area contributed by atoms with E-state index in [9.17, 15) is 9.59 Å². The molecule has 0 aromatic heterocycles. The number of nitrogens with zero attached hydrogens (tertiary/aromatic N) is 2. The maximum Gasteiger partial charge on any atom is 0.242 e. The number of amides is 2.